The van der Waals surface area contributed by atoms with Crippen molar-refractivity contribution in [1.82, 2.24) is 4.90 Å². The first kappa shape index (κ1) is 19.7. The Morgan fingerprint density at radius 3 is 2.32 bits per heavy atom. The Balaban J connectivity index is 1.22. The number of anilines is 1. The third kappa shape index (κ3) is 4.68. The van der Waals surface area contributed by atoms with Gasteiger partial charge in [0.15, 0.2) is 0 Å². The van der Waals surface area contributed by atoms with Gasteiger partial charge in [-0.25, -0.2) is 4.39 Å². The molecule has 3 fully saturated rings. The second-order valence-electron chi connectivity index (χ2n) is 9.00. The van der Waals surface area contributed by atoms with Gasteiger partial charge in [-0.15, -0.1) is 0 Å². The zero-order valence-electron chi connectivity index (χ0n) is 17.0. The molecule has 4 rings (SSSR count). The van der Waals surface area contributed by atoms with Crippen LogP contribution in [0.3, 0.4) is 0 Å². The van der Waals surface area contributed by atoms with E-state index < -0.39 is 0 Å². The van der Waals surface area contributed by atoms with E-state index in [4.69, 9.17) is 0 Å². The van der Waals surface area contributed by atoms with E-state index in [0.717, 1.165) is 44.9 Å². The number of quaternary nitrogens is 1. The molecule has 1 aromatic carbocycles. The molecule has 0 bridgehead atoms. The Bertz CT molecular complexity index is 645. The van der Waals surface area contributed by atoms with E-state index in [0.29, 0.717) is 24.7 Å². The predicted octanol–water partition coefficient (Wildman–Crippen LogP) is 2.35. The van der Waals surface area contributed by atoms with Crippen molar-refractivity contribution in [2.75, 3.05) is 50.7 Å². The summed E-state index contributed by atoms with van der Waals surface area (Å²) >= 11 is 0. The first-order valence-electron chi connectivity index (χ1n) is 11.3. The predicted molar refractivity (Wildman–Crippen MR) is 110 cm³/mol. The van der Waals surface area contributed by atoms with E-state index >= 15 is 0 Å². The topological polar surface area (TPSA) is 28.0 Å². The molecule has 154 valence electrons. The fraction of sp³-hybridized carbons (Fsp3) is 0.696. The summed E-state index contributed by atoms with van der Waals surface area (Å²) in [5.74, 6) is 1.29. The van der Waals surface area contributed by atoms with Crippen LogP contribution in [0, 0.1) is 17.7 Å². The van der Waals surface area contributed by atoms with Crippen molar-refractivity contribution < 1.29 is 14.1 Å². The molecule has 3 aliphatic rings. The van der Waals surface area contributed by atoms with Crippen LogP contribution >= 0.6 is 0 Å². The lowest BCUT2D eigenvalue weighted by Crippen LogP contribution is -3.13. The summed E-state index contributed by atoms with van der Waals surface area (Å²) in [6, 6.07) is 6.94. The molecule has 4 nitrogen and oxygen atoms in total. The Hall–Kier alpha value is -1.62. The van der Waals surface area contributed by atoms with Gasteiger partial charge in [-0.3, -0.25) is 4.79 Å². The fourth-order valence-electron chi connectivity index (χ4n) is 5.41. The molecule has 2 heterocycles. The number of carbonyl (C=O) groups excluding carboxylic acids is 1. The first-order valence-corrected chi connectivity index (χ1v) is 11.3. The number of carbonyl (C=O) groups is 1. The van der Waals surface area contributed by atoms with Crippen molar-refractivity contribution in [3.8, 4) is 0 Å². The van der Waals surface area contributed by atoms with Crippen molar-refractivity contribution in [3.05, 3.63) is 30.1 Å². The molecule has 1 amide bonds. The molecular formula is C23H35FN3O+. The standard InChI is InChI=1S/C23H34FN3O/c24-21-8-4-5-9-22(21)26-14-16-27(17-15-26)23(28)20-10-12-25(13-11-20)18-19-6-2-1-3-7-19/h4-5,8-9,19-20H,1-3,6-7,10-18H2/p+1. The maximum absolute atomic E-state index is 14.0. The lowest BCUT2D eigenvalue weighted by atomic mass is 9.87. The molecule has 0 aromatic heterocycles. The van der Waals surface area contributed by atoms with Gasteiger partial charge in [-0.05, 0) is 25.0 Å². The number of amides is 1. The van der Waals surface area contributed by atoms with Gasteiger partial charge < -0.3 is 14.7 Å². The quantitative estimate of drug-likeness (QED) is 0.858. The Morgan fingerprint density at radius 1 is 0.964 bits per heavy atom. The minimum absolute atomic E-state index is 0.171. The van der Waals surface area contributed by atoms with E-state index in [9.17, 15) is 9.18 Å². The number of nitrogens with zero attached hydrogens (tertiary/aromatic N) is 2. The molecule has 0 radical (unpaired) electrons. The highest BCUT2D eigenvalue weighted by Gasteiger charge is 2.33. The third-order valence-electron chi connectivity index (χ3n) is 7.13. The van der Waals surface area contributed by atoms with Gasteiger partial charge in [0, 0.05) is 50.9 Å². The summed E-state index contributed by atoms with van der Waals surface area (Å²) < 4.78 is 14.0. The number of benzene rings is 1. The molecule has 0 atom stereocenters. The summed E-state index contributed by atoms with van der Waals surface area (Å²) in [4.78, 5) is 18.8. The summed E-state index contributed by atoms with van der Waals surface area (Å²) in [6.45, 7) is 6.49. The van der Waals surface area contributed by atoms with Crippen LogP contribution in [0.15, 0.2) is 24.3 Å². The zero-order chi connectivity index (χ0) is 19.3. The minimum atomic E-state index is -0.171. The number of para-hydroxylation sites is 1. The van der Waals surface area contributed by atoms with Crippen LogP contribution in [0.5, 0.6) is 0 Å². The van der Waals surface area contributed by atoms with Crippen LogP contribution in [0.2, 0.25) is 0 Å². The zero-order valence-corrected chi connectivity index (χ0v) is 17.0. The molecular weight excluding hydrogens is 353 g/mol. The van der Waals surface area contributed by atoms with Crippen LogP contribution in [-0.2, 0) is 4.79 Å². The van der Waals surface area contributed by atoms with Crippen LogP contribution in [0.25, 0.3) is 0 Å². The average molecular weight is 389 g/mol. The van der Waals surface area contributed by atoms with E-state index in [2.05, 4.69) is 4.90 Å². The average Bonchev–Trinajstić information content (AvgIpc) is 2.75. The molecule has 1 saturated carbocycles. The molecule has 1 N–H and O–H groups in total. The molecule has 28 heavy (non-hydrogen) atoms. The van der Waals surface area contributed by atoms with E-state index in [-0.39, 0.29) is 11.7 Å². The molecule has 0 unspecified atom stereocenters. The number of piperazine rings is 1. The van der Waals surface area contributed by atoms with Gasteiger partial charge in [-0.2, -0.15) is 0 Å². The summed E-state index contributed by atoms with van der Waals surface area (Å²) in [5, 5.41) is 0. The normalized spacial score (nSPS) is 27.0. The molecule has 2 aliphatic heterocycles. The van der Waals surface area contributed by atoms with Crippen molar-refractivity contribution in [2.45, 2.75) is 44.9 Å². The van der Waals surface area contributed by atoms with Crippen molar-refractivity contribution in [3.63, 3.8) is 0 Å². The van der Waals surface area contributed by atoms with Gasteiger partial charge in [-0.1, -0.05) is 31.4 Å². The molecule has 1 aromatic rings. The SMILES string of the molecule is O=C(C1CC[NH+](CC2CCCCC2)CC1)N1CCN(c2ccccc2F)CC1. The smallest absolute Gasteiger partial charge is 0.226 e. The molecule has 5 heteroatoms. The number of rotatable bonds is 4. The largest absolute Gasteiger partial charge is 0.366 e. The molecule has 2 saturated heterocycles. The van der Waals surface area contributed by atoms with Crippen LogP contribution in [0.1, 0.15) is 44.9 Å². The fourth-order valence-corrected chi connectivity index (χ4v) is 5.41. The van der Waals surface area contributed by atoms with E-state index in [1.54, 1.807) is 11.0 Å². The Kier molecular flexibility index (Phi) is 6.50. The number of likely N-dealkylation sites (tertiary alicyclic amines) is 1. The van der Waals surface area contributed by atoms with E-state index in [1.807, 2.05) is 17.0 Å². The number of halogens is 1. The van der Waals surface area contributed by atoms with Gasteiger partial charge in [0.1, 0.15) is 5.82 Å². The van der Waals surface area contributed by atoms with Crippen molar-refractivity contribution in [2.24, 2.45) is 11.8 Å². The highest BCUT2D eigenvalue weighted by atomic mass is 19.1. The Labute approximate surface area is 168 Å². The summed E-state index contributed by atoms with van der Waals surface area (Å²) in [5.41, 5.74) is 0.661. The molecule has 1 aliphatic carbocycles. The summed E-state index contributed by atoms with van der Waals surface area (Å²) in [6.07, 6.45) is 9.15. The number of piperidine rings is 1. The van der Waals surface area contributed by atoms with Crippen molar-refractivity contribution >= 4 is 11.6 Å². The van der Waals surface area contributed by atoms with Crippen LogP contribution < -0.4 is 9.80 Å². The van der Waals surface area contributed by atoms with Gasteiger partial charge in [0.25, 0.3) is 0 Å². The highest BCUT2D eigenvalue weighted by Crippen LogP contribution is 2.24. The molecule has 0 spiro atoms. The lowest BCUT2D eigenvalue weighted by Gasteiger charge is -2.39. The summed E-state index contributed by atoms with van der Waals surface area (Å²) in [7, 11) is 0. The monoisotopic (exact) mass is 388 g/mol. The number of hydrogen-bond donors (Lipinski definition) is 1. The minimum Gasteiger partial charge on any atom is -0.366 e. The second-order valence-corrected chi connectivity index (χ2v) is 9.00. The number of nitrogens with one attached hydrogen (secondary N) is 1. The maximum Gasteiger partial charge on any atom is 0.226 e. The van der Waals surface area contributed by atoms with Gasteiger partial charge in [0.2, 0.25) is 5.91 Å². The highest BCUT2D eigenvalue weighted by molar-refractivity contribution is 5.79. The van der Waals surface area contributed by atoms with Gasteiger partial charge >= 0.3 is 0 Å². The van der Waals surface area contributed by atoms with Crippen molar-refractivity contribution in [1.29, 1.82) is 0 Å². The third-order valence-corrected chi connectivity index (χ3v) is 7.13. The number of hydrogen-bond acceptors (Lipinski definition) is 2. The van der Waals surface area contributed by atoms with Crippen LogP contribution in [0.4, 0.5) is 10.1 Å². The van der Waals surface area contributed by atoms with E-state index in [1.165, 1.54) is 44.7 Å². The first-order chi connectivity index (χ1) is 13.7. The lowest BCUT2D eigenvalue weighted by molar-refractivity contribution is -0.909. The second kappa shape index (κ2) is 9.25. The maximum atomic E-state index is 14.0. The Morgan fingerprint density at radius 2 is 1.64 bits per heavy atom. The van der Waals surface area contributed by atoms with Gasteiger partial charge in [0.05, 0.1) is 25.3 Å². The van der Waals surface area contributed by atoms with Crippen LogP contribution in [-0.4, -0.2) is 56.6 Å².